The number of piperidine rings is 1. The van der Waals surface area contributed by atoms with Crippen LogP contribution in [-0.2, 0) is 0 Å². The van der Waals surface area contributed by atoms with Crippen molar-refractivity contribution >= 4 is 47.5 Å². The third-order valence-electron chi connectivity index (χ3n) is 6.75. The molecule has 0 aliphatic carbocycles. The summed E-state index contributed by atoms with van der Waals surface area (Å²) in [5.74, 6) is 2.43. The lowest BCUT2D eigenvalue weighted by molar-refractivity contribution is 0.240. The van der Waals surface area contributed by atoms with Gasteiger partial charge >= 0.3 is 0 Å². The Balaban J connectivity index is 0.00000200. The van der Waals surface area contributed by atoms with Gasteiger partial charge in [-0.1, -0.05) is 42.5 Å². The normalized spacial score (nSPS) is 14.1. The van der Waals surface area contributed by atoms with Crippen LogP contribution in [0.1, 0.15) is 18.4 Å². The van der Waals surface area contributed by atoms with Gasteiger partial charge in [0.1, 0.15) is 17.2 Å². The molecule has 4 aromatic rings. The van der Waals surface area contributed by atoms with Crippen molar-refractivity contribution in [2.24, 2.45) is 0 Å². The zero-order chi connectivity index (χ0) is 24.7. The van der Waals surface area contributed by atoms with Gasteiger partial charge in [-0.3, -0.25) is 4.90 Å². The first-order chi connectivity index (χ1) is 17.7. The zero-order valence-corrected chi connectivity index (χ0v) is 23.3. The first-order valence-corrected chi connectivity index (χ1v) is 12.4. The van der Waals surface area contributed by atoms with E-state index < -0.39 is 0 Å². The van der Waals surface area contributed by atoms with Crippen molar-refractivity contribution in [3.63, 3.8) is 0 Å². The van der Waals surface area contributed by atoms with E-state index in [0.29, 0.717) is 6.04 Å². The minimum absolute atomic E-state index is 0. The Kier molecular flexibility index (Phi) is 10.8. The van der Waals surface area contributed by atoms with Gasteiger partial charge in [0.15, 0.2) is 5.82 Å². The van der Waals surface area contributed by atoms with Gasteiger partial charge in [0, 0.05) is 42.0 Å². The van der Waals surface area contributed by atoms with Gasteiger partial charge in [-0.05, 0) is 60.9 Å². The summed E-state index contributed by atoms with van der Waals surface area (Å²) in [7, 11) is 3.36. The lowest BCUT2D eigenvalue weighted by Crippen LogP contribution is -2.39. The van der Waals surface area contributed by atoms with Gasteiger partial charge in [-0.2, -0.15) is 0 Å². The van der Waals surface area contributed by atoms with Gasteiger partial charge in [0.2, 0.25) is 0 Å². The number of benzene rings is 3. The first-order valence-electron chi connectivity index (χ1n) is 12.4. The molecule has 0 spiro atoms. The number of aromatic nitrogens is 2. The molecular formula is C30H34Cl2N4O2. The number of rotatable bonds is 8. The van der Waals surface area contributed by atoms with Crippen LogP contribution in [0, 0.1) is 0 Å². The van der Waals surface area contributed by atoms with E-state index >= 15 is 0 Å². The summed E-state index contributed by atoms with van der Waals surface area (Å²) in [6.45, 7) is 3.07. The highest BCUT2D eigenvalue weighted by molar-refractivity contribution is 6.00. The van der Waals surface area contributed by atoms with Crippen LogP contribution in [-0.4, -0.2) is 55.0 Å². The van der Waals surface area contributed by atoms with E-state index in [4.69, 9.17) is 9.47 Å². The molecule has 2 heterocycles. The van der Waals surface area contributed by atoms with Crippen molar-refractivity contribution < 1.29 is 9.47 Å². The number of ether oxygens (including phenoxy) is 2. The summed E-state index contributed by atoms with van der Waals surface area (Å²) in [6, 6.07) is 24.8. The molecule has 1 aromatic heterocycles. The van der Waals surface area contributed by atoms with Gasteiger partial charge in [0.05, 0.1) is 14.2 Å². The Labute approximate surface area is 236 Å². The number of halogens is 2. The molecule has 1 aliphatic rings. The number of methoxy groups -OCH3 is 2. The van der Waals surface area contributed by atoms with Crippen molar-refractivity contribution in [1.82, 2.24) is 15.1 Å². The number of hydrogen-bond acceptors (Lipinski definition) is 6. The number of anilines is 1. The second-order valence-corrected chi connectivity index (χ2v) is 9.07. The fourth-order valence-corrected chi connectivity index (χ4v) is 4.68. The Morgan fingerprint density at radius 3 is 2.21 bits per heavy atom. The molecule has 0 unspecified atom stereocenters. The van der Waals surface area contributed by atoms with Gasteiger partial charge in [-0.15, -0.1) is 35.0 Å². The predicted octanol–water partition coefficient (Wildman–Crippen LogP) is 6.75. The molecule has 1 aliphatic heterocycles. The van der Waals surface area contributed by atoms with Crippen LogP contribution >= 0.6 is 24.8 Å². The van der Waals surface area contributed by atoms with Crippen molar-refractivity contribution in [3.05, 3.63) is 84.4 Å². The monoisotopic (exact) mass is 552 g/mol. The maximum absolute atomic E-state index is 5.52. The molecule has 8 heteroatoms. The number of likely N-dealkylation sites (tertiary alicyclic amines) is 1. The molecule has 0 amide bonds. The van der Waals surface area contributed by atoms with E-state index in [2.05, 4.69) is 62.9 Å². The van der Waals surface area contributed by atoms with Crippen molar-refractivity contribution in [2.75, 3.05) is 39.2 Å². The average Bonchev–Trinajstić information content (AvgIpc) is 2.94. The van der Waals surface area contributed by atoms with E-state index in [0.717, 1.165) is 71.8 Å². The summed E-state index contributed by atoms with van der Waals surface area (Å²) in [6.07, 6.45) is 6.58. The fraction of sp³-hybridized carbons (Fsp3) is 0.267. The largest absolute Gasteiger partial charge is 0.497 e. The molecular weight excluding hydrogens is 519 g/mol. The van der Waals surface area contributed by atoms with Gasteiger partial charge in [-0.25, -0.2) is 0 Å². The zero-order valence-electron chi connectivity index (χ0n) is 21.7. The Morgan fingerprint density at radius 2 is 1.53 bits per heavy atom. The summed E-state index contributed by atoms with van der Waals surface area (Å²) >= 11 is 0. The third-order valence-corrected chi connectivity index (χ3v) is 6.75. The third kappa shape index (κ3) is 6.95. The van der Waals surface area contributed by atoms with E-state index in [-0.39, 0.29) is 24.8 Å². The van der Waals surface area contributed by atoms with Crippen LogP contribution in [0.3, 0.4) is 0 Å². The summed E-state index contributed by atoms with van der Waals surface area (Å²) < 4.78 is 10.8. The minimum Gasteiger partial charge on any atom is -0.497 e. The van der Waals surface area contributed by atoms with E-state index in [1.165, 1.54) is 5.56 Å². The first kappa shape index (κ1) is 29.2. The highest BCUT2D eigenvalue weighted by Gasteiger charge is 2.20. The number of nitrogens with one attached hydrogen (secondary N) is 1. The van der Waals surface area contributed by atoms with Crippen LogP contribution in [0.15, 0.2) is 78.9 Å². The van der Waals surface area contributed by atoms with Crippen LogP contribution in [0.2, 0.25) is 0 Å². The molecule has 3 aromatic carbocycles. The minimum atomic E-state index is 0. The smallest absolute Gasteiger partial charge is 0.156 e. The van der Waals surface area contributed by atoms with E-state index in [9.17, 15) is 0 Å². The van der Waals surface area contributed by atoms with E-state index in [1.807, 2.05) is 42.5 Å². The molecule has 0 saturated carbocycles. The molecule has 38 heavy (non-hydrogen) atoms. The molecule has 6 nitrogen and oxygen atoms in total. The predicted molar refractivity (Wildman–Crippen MR) is 161 cm³/mol. The lowest BCUT2D eigenvalue weighted by Gasteiger charge is -2.32. The van der Waals surface area contributed by atoms with Crippen molar-refractivity contribution in [1.29, 1.82) is 0 Å². The Hall–Kier alpha value is -3.32. The second-order valence-electron chi connectivity index (χ2n) is 9.07. The molecule has 1 saturated heterocycles. The molecule has 1 fully saturated rings. The SMILES string of the molecule is COc1ccc(-c2nnc(NC3CCN(C/C=C/c4ccccc4)CC3)c3cc(OC)ccc23)cc1.Cl.Cl. The molecule has 0 bridgehead atoms. The Bertz CT molecular complexity index is 1330. The summed E-state index contributed by atoms with van der Waals surface area (Å²) in [5, 5.41) is 15.0. The molecule has 200 valence electrons. The second kappa shape index (κ2) is 14.0. The van der Waals surface area contributed by atoms with Crippen LogP contribution < -0.4 is 14.8 Å². The number of nitrogens with zero attached hydrogens (tertiary/aromatic N) is 3. The topological polar surface area (TPSA) is 59.5 Å². The standard InChI is InChI=1S/C30H32N4O2.2ClH/c1-35-25-12-10-23(11-13-25)29-27-15-14-26(36-2)21-28(27)30(33-32-29)31-24-16-19-34(20-17-24)18-6-9-22-7-4-3-5-8-22;;/h3-15,21,24H,16-20H2,1-2H3,(H,31,33);2*1H/b9-6+;;. The highest BCUT2D eigenvalue weighted by Crippen LogP contribution is 2.33. The Morgan fingerprint density at radius 1 is 0.842 bits per heavy atom. The highest BCUT2D eigenvalue weighted by atomic mass is 35.5. The lowest BCUT2D eigenvalue weighted by atomic mass is 10.0. The van der Waals surface area contributed by atoms with Crippen molar-refractivity contribution in [2.45, 2.75) is 18.9 Å². The number of fused-ring (bicyclic) bond motifs is 1. The van der Waals surface area contributed by atoms with Gasteiger partial charge < -0.3 is 14.8 Å². The van der Waals surface area contributed by atoms with E-state index in [1.54, 1.807) is 14.2 Å². The van der Waals surface area contributed by atoms with Crippen molar-refractivity contribution in [3.8, 4) is 22.8 Å². The summed E-state index contributed by atoms with van der Waals surface area (Å²) in [4.78, 5) is 2.50. The quantitative estimate of drug-likeness (QED) is 0.261. The summed E-state index contributed by atoms with van der Waals surface area (Å²) in [5.41, 5.74) is 3.09. The molecule has 0 atom stereocenters. The molecule has 0 radical (unpaired) electrons. The van der Waals surface area contributed by atoms with Crippen LogP contribution in [0.4, 0.5) is 5.82 Å². The van der Waals surface area contributed by atoms with Gasteiger partial charge in [0.25, 0.3) is 0 Å². The average molecular weight is 554 g/mol. The maximum atomic E-state index is 5.52. The number of hydrogen-bond donors (Lipinski definition) is 1. The van der Waals surface area contributed by atoms with Crippen LogP contribution in [0.5, 0.6) is 11.5 Å². The molecule has 1 N–H and O–H groups in total. The maximum Gasteiger partial charge on any atom is 0.156 e. The fourth-order valence-electron chi connectivity index (χ4n) is 4.68. The molecule has 5 rings (SSSR count). The van der Waals surface area contributed by atoms with Crippen LogP contribution in [0.25, 0.3) is 28.1 Å².